The number of para-hydroxylation sites is 1. The van der Waals surface area contributed by atoms with Gasteiger partial charge in [0.2, 0.25) is 11.5 Å². The molecule has 4 aromatic rings. The zero-order chi connectivity index (χ0) is 24.2. The summed E-state index contributed by atoms with van der Waals surface area (Å²) in [5, 5.41) is 1.03. The van der Waals surface area contributed by atoms with Crippen molar-refractivity contribution >= 4 is 26.8 Å². The highest BCUT2D eigenvalue weighted by molar-refractivity contribution is 7.85. The molecule has 0 spiro atoms. The Kier molecular flexibility index (Phi) is 7.04. The number of carbonyl (C=O) groups is 1. The van der Waals surface area contributed by atoms with Crippen molar-refractivity contribution < 1.29 is 32.0 Å². The summed E-state index contributed by atoms with van der Waals surface area (Å²) in [4.78, 5) is 23.7. The van der Waals surface area contributed by atoms with Crippen LogP contribution in [0.5, 0.6) is 17.2 Å². The molecule has 0 saturated carbocycles. The van der Waals surface area contributed by atoms with Crippen LogP contribution in [0.3, 0.4) is 0 Å². The average molecular weight is 474 g/mol. The molecule has 0 aliphatic heterocycles. The zero-order valence-corrected chi connectivity index (χ0v) is 19.2. The smallest absolute Gasteiger partial charge is 0.261 e. The van der Waals surface area contributed by atoms with Gasteiger partial charge in [-0.15, -0.1) is 0 Å². The number of H-pyrrole nitrogens is 2. The maximum absolute atomic E-state index is 13.0. The predicted molar refractivity (Wildman–Crippen MR) is 123 cm³/mol. The molecule has 11 heteroatoms. The summed E-state index contributed by atoms with van der Waals surface area (Å²) in [7, 11) is 0.873. The van der Waals surface area contributed by atoms with Gasteiger partial charge in [0.25, 0.3) is 10.1 Å². The fraction of sp³-hybridized carbons (Fsp3) is 0.182. The molecule has 0 bridgehead atoms. The highest BCUT2D eigenvalue weighted by Gasteiger charge is 2.20. The van der Waals surface area contributed by atoms with Crippen LogP contribution >= 0.6 is 0 Å². The first-order valence-electron chi connectivity index (χ1n) is 9.55. The quantitative estimate of drug-likeness (QED) is 0.286. The Morgan fingerprint density at radius 1 is 1.03 bits per heavy atom. The number of carbonyl (C=O) groups excluding carboxylic acids is 1. The SMILES string of the molecule is COc1cc(C(=O)c2cnc(-c3c[nH]c4ccccc34)[nH]2)cc(OC)c1OC.CS(=O)(=O)O. The van der Waals surface area contributed by atoms with Crippen molar-refractivity contribution in [1.29, 1.82) is 0 Å². The lowest BCUT2D eigenvalue weighted by atomic mass is 10.1. The highest BCUT2D eigenvalue weighted by atomic mass is 32.2. The minimum Gasteiger partial charge on any atom is -0.493 e. The number of nitrogens with one attached hydrogen (secondary N) is 2. The number of nitrogens with zero attached hydrogens (tertiary/aromatic N) is 1. The second-order valence-electron chi connectivity index (χ2n) is 6.87. The molecule has 2 aromatic carbocycles. The standard InChI is InChI=1S/C21H19N3O4.CH4O3S/c1-26-17-8-12(9-18(27-2)20(17)28-3)19(25)16-11-23-21(24-16)14-10-22-15-7-5-4-6-13(14)15;1-5(2,3)4/h4-11,22H,1-3H3,(H,23,24);1H3,(H,2,3,4). The summed E-state index contributed by atoms with van der Waals surface area (Å²) < 4.78 is 41.8. The lowest BCUT2D eigenvalue weighted by Gasteiger charge is -2.13. The van der Waals surface area contributed by atoms with E-state index >= 15 is 0 Å². The number of methoxy groups -OCH3 is 3. The third-order valence-corrected chi connectivity index (χ3v) is 4.59. The number of hydrogen-bond acceptors (Lipinski definition) is 7. The number of benzene rings is 2. The van der Waals surface area contributed by atoms with E-state index in [1.165, 1.54) is 27.5 Å². The second kappa shape index (κ2) is 9.76. The van der Waals surface area contributed by atoms with E-state index in [0.717, 1.165) is 16.5 Å². The molecule has 2 aromatic heterocycles. The Balaban J connectivity index is 0.000000555. The number of ketones is 1. The van der Waals surface area contributed by atoms with Crippen LogP contribution in [0.15, 0.2) is 48.8 Å². The minimum atomic E-state index is -3.67. The van der Waals surface area contributed by atoms with Crippen LogP contribution in [0.4, 0.5) is 0 Å². The Morgan fingerprint density at radius 2 is 1.64 bits per heavy atom. The largest absolute Gasteiger partial charge is 0.493 e. The van der Waals surface area contributed by atoms with Gasteiger partial charge in [-0.05, 0) is 18.2 Å². The van der Waals surface area contributed by atoms with Crippen LogP contribution in [0.25, 0.3) is 22.3 Å². The first-order chi connectivity index (χ1) is 15.7. The fourth-order valence-electron chi connectivity index (χ4n) is 3.21. The van der Waals surface area contributed by atoms with Gasteiger partial charge in [0.05, 0.1) is 33.8 Å². The molecule has 0 radical (unpaired) electrons. The van der Waals surface area contributed by atoms with E-state index in [1.807, 2.05) is 30.5 Å². The fourth-order valence-corrected chi connectivity index (χ4v) is 3.21. The topological polar surface area (TPSA) is 144 Å². The molecule has 0 unspecified atom stereocenters. The van der Waals surface area contributed by atoms with Crippen LogP contribution in [0.2, 0.25) is 0 Å². The molecule has 3 N–H and O–H groups in total. The molecular weight excluding hydrogens is 450 g/mol. The molecule has 0 fully saturated rings. The molecule has 0 aliphatic carbocycles. The van der Waals surface area contributed by atoms with Crippen molar-refractivity contribution in [3.05, 3.63) is 60.0 Å². The van der Waals surface area contributed by atoms with E-state index in [-0.39, 0.29) is 5.78 Å². The van der Waals surface area contributed by atoms with Gasteiger partial charge in [-0.2, -0.15) is 8.42 Å². The zero-order valence-electron chi connectivity index (χ0n) is 18.4. The number of rotatable bonds is 6. The summed E-state index contributed by atoms with van der Waals surface area (Å²) in [6, 6.07) is 11.2. The molecule has 174 valence electrons. The number of aromatic nitrogens is 3. The summed E-state index contributed by atoms with van der Waals surface area (Å²) in [5.74, 6) is 1.67. The van der Waals surface area contributed by atoms with E-state index in [4.69, 9.17) is 18.8 Å². The lowest BCUT2D eigenvalue weighted by Crippen LogP contribution is -2.04. The predicted octanol–water partition coefficient (Wildman–Crippen LogP) is 3.32. The third-order valence-electron chi connectivity index (χ3n) is 4.59. The molecule has 10 nitrogen and oxygen atoms in total. The van der Waals surface area contributed by atoms with Crippen molar-refractivity contribution in [2.75, 3.05) is 27.6 Å². The van der Waals surface area contributed by atoms with Crippen LogP contribution in [-0.2, 0) is 10.1 Å². The third kappa shape index (κ3) is 5.51. The summed E-state index contributed by atoms with van der Waals surface area (Å²) in [6.07, 6.45) is 4.12. The van der Waals surface area contributed by atoms with Crippen molar-refractivity contribution in [3.8, 4) is 28.6 Å². The monoisotopic (exact) mass is 473 g/mol. The molecule has 33 heavy (non-hydrogen) atoms. The molecular formula is C22H23N3O7S. The number of imidazole rings is 1. The molecule has 0 amide bonds. The lowest BCUT2D eigenvalue weighted by molar-refractivity contribution is 0.103. The molecule has 2 heterocycles. The van der Waals surface area contributed by atoms with Crippen LogP contribution in [-0.4, -0.2) is 61.3 Å². The van der Waals surface area contributed by atoms with E-state index < -0.39 is 10.1 Å². The number of fused-ring (bicyclic) bond motifs is 1. The van der Waals surface area contributed by atoms with E-state index in [9.17, 15) is 13.2 Å². The Morgan fingerprint density at radius 3 is 2.21 bits per heavy atom. The van der Waals surface area contributed by atoms with Gasteiger partial charge in [-0.3, -0.25) is 9.35 Å². The molecule has 0 atom stereocenters. The van der Waals surface area contributed by atoms with Crippen LogP contribution < -0.4 is 14.2 Å². The normalized spacial score (nSPS) is 10.9. The first kappa shape index (κ1) is 23.8. The van der Waals surface area contributed by atoms with E-state index in [0.29, 0.717) is 40.6 Å². The van der Waals surface area contributed by atoms with Crippen molar-refractivity contribution in [3.63, 3.8) is 0 Å². The van der Waals surface area contributed by atoms with Gasteiger partial charge in [-0.1, -0.05) is 18.2 Å². The number of aromatic amines is 2. The number of hydrogen-bond donors (Lipinski definition) is 3. The highest BCUT2D eigenvalue weighted by Crippen LogP contribution is 2.38. The molecule has 0 aliphatic rings. The summed E-state index contributed by atoms with van der Waals surface area (Å²) >= 11 is 0. The summed E-state index contributed by atoms with van der Waals surface area (Å²) in [6.45, 7) is 0. The minimum absolute atomic E-state index is 0.224. The van der Waals surface area contributed by atoms with Crippen molar-refractivity contribution in [2.24, 2.45) is 0 Å². The molecule has 0 saturated heterocycles. The van der Waals surface area contributed by atoms with Gasteiger partial charge < -0.3 is 24.2 Å². The maximum atomic E-state index is 13.0. The van der Waals surface area contributed by atoms with Gasteiger partial charge in [0, 0.05) is 28.2 Å². The Bertz CT molecular complexity index is 1360. The van der Waals surface area contributed by atoms with Gasteiger partial charge in [-0.25, -0.2) is 4.98 Å². The van der Waals surface area contributed by atoms with Gasteiger partial charge >= 0.3 is 0 Å². The van der Waals surface area contributed by atoms with E-state index in [1.54, 1.807) is 12.1 Å². The van der Waals surface area contributed by atoms with Crippen LogP contribution in [0, 0.1) is 0 Å². The van der Waals surface area contributed by atoms with Crippen molar-refractivity contribution in [1.82, 2.24) is 15.0 Å². The first-order valence-corrected chi connectivity index (χ1v) is 11.4. The van der Waals surface area contributed by atoms with Gasteiger partial charge in [0.1, 0.15) is 11.5 Å². The second-order valence-corrected chi connectivity index (χ2v) is 8.34. The Hall–Kier alpha value is -3.83. The van der Waals surface area contributed by atoms with Crippen LogP contribution in [0.1, 0.15) is 16.1 Å². The van der Waals surface area contributed by atoms with Gasteiger partial charge in [0.15, 0.2) is 11.5 Å². The van der Waals surface area contributed by atoms with E-state index in [2.05, 4.69) is 15.0 Å². The maximum Gasteiger partial charge on any atom is 0.261 e. The van der Waals surface area contributed by atoms with Crippen molar-refractivity contribution in [2.45, 2.75) is 0 Å². The molecule has 4 rings (SSSR count). The number of ether oxygens (including phenoxy) is 3. The Labute approximate surface area is 190 Å². The average Bonchev–Trinajstić information content (AvgIpc) is 3.43. The summed E-state index contributed by atoms with van der Waals surface area (Å²) in [5.41, 5.74) is 2.68.